The van der Waals surface area contributed by atoms with Crippen LogP contribution < -0.4 is 5.32 Å². The molecule has 0 aromatic rings. The number of rotatable bonds is 3. The molecule has 0 saturated heterocycles. The third kappa shape index (κ3) is 2.06. The van der Waals surface area contributed by atoms with Crippen molar-refractivity contribution in [2.75, 3.05) is 6.54 Å². The summed E-state index contributed by atoms with van der Waals surface area (Å²) in [7, 11) is 0. The molecule has 4 nitrogen and oxygen atoms in total. The van der Waals surface area contributed by atoms with Crippen molar-refractivity contribution in [3.63, 3.8) is 0 Å². The van der Waals surface area contributed by atoms with Gasteiger partial charge >= 0.3 is 18.1 Å². The van der Waals surface area contributed by atoms with Crippen LogP contribution in [0, 0.1) is 10.8 Å². The van der Waals surface area contributed by atoms with Crippen LogP contribution in [0.4, 0.5) is 13.2 Å². The maximum absolute atomic E-state index is 12.0. The minimum Gasteiger partial charge on any atom is -0.481 e. The first-order valence-electron chi connectivity index (χ1n) is 5.78. The fourth-order valence-electron chi connectivity index (χ4n) is 3.12. The van der Waals surface area contributed by atoms with E-state index < -0.39 is 30.0 Å². The first kappa shape index (κ1) is 13.2. The first-order valence-corrected chi connectivity index (χ1v) is 5.78. The molecule has 2 rings (SSSR count). The molecule has 1 amide bonds. The van der Waals surface area contributed by atoms with Crippen molar-refractivity contribution in [2.24, 2.45) is 10.8 Å². The van der Waals surface area contributed by atoms with Gasteiger partial charge in [-0.25, -0.2) is 0 Å². The topological polar surface area (TPSA) is 66.4 Å². The summed E-state index contributed by atoms with van der Waals surface area (Å²) in [5.41, 5.74) is -1.19. The molecule has 0 atom stereocenters. The summed E-state index contributed by atoms with van der Waals surface area (Å²) >= 11 is 0. The van der Waals surface area contributed by atoms with E-state index in [2.05, 4.69) is 0 Å². The normalized spacial score (nSPS) is 23.9. The van der Waals surface area contributed by atoms with Crippen molar-refractivity contribution in [1.82, 2.24) is 5.32 Å². The van der Waals surface area contributed by atoms with E-state index >= 15 is 0 Å². The van der Waals surface area contributed by atoms with Gasteiger partial charge in [0, 0.05) is 6.54 Å². The van der Waals surface area contributed by atoms with Crippen LogP contribution in [0.1, 0.15) is 32.1 Å². The van der Waals surface area contributed by atoms with Gasteiger partial charge in [0.2, 0.25) is 0 Å². The van der Waals surface area contributed by atoms with Gasteiger partial charge < -0.3 is 10.4 Å². The van der Waals surface area contributed by atoms with E-state index in [4.69, 9.17) is 5.11 Å². The largest absolute Gasteiger partial charge is 0.481 e. The predicted octanol–water partition coefficient (Wildman–Crippen LogP) is 1.70. The molecule has 2 fully saturated rings. The minimum atomic E-state index is -4.96. The summed E-state index contributed by atoms with van der Waals surface area (Å²) in [5.74, 6) is -3.19. The van der Waals surface area contributed by atoms with Crippen LogP contribution in [0.15, 0.2) is 0 Å². The van der Waals surface area contributed by atoms with Crippen LogP contribution in [-0.2, 0) is 9.59 Å². The van der Waals surface area contributed by atoms with Crippen molar-refractivity contribution in [1.29, 1.82) is 0 Å². The number of carboxylic acids is 1. The smallest absolute Gasteiger partial charge is 0.471 e. The summed E-state index contributed by atoms with van der Waals surface area (Å²) in [4.78, 5) is 21.9. The van der Waals surface area contributed by atoms with Gasteiger partial charge in [-0.05, 0) is 31.1 Å². The zero-order valence-electron chi connectivity index (χ0n) is 9.64. The third-order valence-electron chi connectivity index (χ3n) is 4.14. The van der Waals surface area contributed by atoms with Gasteiger partial charge in [-0.15, -0.1) is 0 Å². The number of nitrogens with one attached hydrogen (secondary N) is 1. The highest BCUT2D eigenvalue weighted by molar-refractivity contribution is 5.83. The lowest BCUT2D eigenvalue weighted by Gasteiger charge is -2.59. The van der Waals surface area contributed by atoms with Crippen LogP contribution >= 0.6 is 0 Å². The highest BCUT2D eigenvalue weighted by Gasteiger charge is 2.61. The van der Waals surface area contributed by atoms with Crippen molar-refractivity contribution in [2.45, 2.75) is 38.3 Å². The molecule has 2 aliphatic rings. The Kier molecular flexibility index (Phi) is 2.82. The molecule has 0 bridgehead atoms. The van der Waals surface area contributed by atoms with Crippen molar-refractivity contribution in [3.8, 4) is 0 Å². The number of carbonyl (C=O) groups excluding carboxylic acids is 1. The van der Waals surface area contributed by atoms with E-state index in [1.165, 1.54) is 0 Å². The molecule has 7 heteroatoms. The number of amides is 1. The van der Waals surface area contributed by atoms with Crippen LogP contribution in [-0.4, -0.2) is 29.7 Å². The monoisotopic (exact) mass is 265 g/mol. The van der Waals surface area contributed by atoms with Gasteiger partial charge in [-0.1, -0.05) is 6.42 Å². The molecular weight excluding hydrogens is 251 g/mol. The van der Waals surface area contributed by atoms with Crippen molar-refractivity contribution in [3.05, 3.63) is 0 Å². The van der Waals surface area contributed by atoms with Gasteiger partial charge in [0.15, 0.2) is 0 Å². The Balaban J connectivity index is 1.93. The molecule has 0 radical (unpaired) electrons. The second kappa shape index (κ2) is 3.86. The second-order valence-corrected chi connectivity index (χ2v) is 5.47. The average Bonchev–Trinajstić information content (AvgIpc) is 2.10. The maximum Gasteiger partial charge on any atom is 0.471 e. The van der Waals surface area contributed by atoms with E-state index in [1.807, 2.05) is 0 Å². The molecule has 1 spiro atoms. The van der Waals surface area contributed by atoms with E-state index in [0.717, 1.165) is 19.3 Å². The molecular formula is C11H14F3NO3. The molecule has 0 heterocycles. The number of hydrogen-bond acceptors (Lipinski definition) is 2. The first-order chi connectivity index (χ1) is 8.19. The maximum atomic E-state index is 12.0. The van der Waals surface area contributed by atoms with Crippen molar-refractivity contribution < 1.29 is 27.9 Å². The summed E-state index contributed by atoms with van der Waals surface area (Å²) in [6.07, 6.45) is -1.30. The average molecular weight is 265 g/mol. The molecule has 0 unspecified atom stereocenters. The Morgan fingerprint density at radius 2 is 1.78 bits per heavy atom. The molecule has 2 N–H and O–H groups in total. The molecule has 2 saturated carbocycles. The lowest BCUT2D eigenvalue weighted by molar-refractivity contribution is -0.181. The minimum absolute atomic E-state index is 0.0152. The zero-order valence-corrected chi connectivity index (χ0v) is 9.64. The number of hydrogen-bond donors (Lipinski definition) is 2. The standard InChI is InChI=1S/C11H14F3NO3/c12-11(13,14)7(16)15-6-10(8(17)18)4-9(5-10)2-1-3-9/h1-6H2,(H,15,16)(H,17,18). The molecule has 2 aliphatic carbocycles. The summed E-state index contributed by atoms with van der Waals surface area (Å²) < 4.78 is 36.1. The highest BCUT2D eigenvalue weighted by Crippen LogP contribution is 2.64. The molecule has 102 valence electrons. The second-order valence-electron chi connectivity index (χ2n) is 5.47. The number of alkyl halides is 3. The zero-order chi connectivity index (χ0) is 13.6. The summed E-state index contributed by atoms with van der Waals surface area (Å²) in [5, 5.41) is 10.8. The van der Waals surface area contributed by atoms with E-state index in [9.17, 15) is 22.8 Å². The number of carboxylic acid groups (broad SMARTS) is 1. The lowest BCUT2D eigenvalue weighted by Crippen LogP contribution is -2.59. The number of halogens is 3. The fourth-order valence-corrected chi connectivity index (χ4v) is 3.12. The lowest BCUT2D eigenvalue weighted by atomic mass is 9.45. The van der Waals surface area contributed by atoms with E-state index in [1.54, 1.807) is 5.32 Å². The quantitative estimate of drug-likeness (QED) is 0.816. The van der Waals surface area contributed by atoms with E-state index in [-0.39, 0.29) is 5.41 Å². The summed E-state index contributed by atoms with van der Waals surface area (Å²) in [6.45, 7) is -0.442. The predicted molar refractivity (Wildman–Crippen MR) is 54.7 cm³/mol. The molecule has 18 heavy (non-hydrogen) atoms. The van der Waals surface area contributed by atoms with Crippen LogP contribution in [0.25, 0.3) is 0 Å². The SMILES string of the molecule is O=C(NCC1(C(=O)O)CC2(CCC2)C1)C(F)(F)F. The van der Waals surface area contributed by atoms with Crippen LogP contribution in [0.5, 0.6) is 0 Å². The van der Waals surface area contributed by atoms with Gasteiger partial charge in [-0.3, -0.25) is 9.59 Å². The van der Waals surface area contributed by atoms with Crippen LogP contribution in [0.2, 0.25) is 0 Å². The Morgan fingerprint density at radius 3 is 2.11 bits per heavy atom. The van der Waals surface area contributed by atoms with Gasteiger partial charge in [0.1, 0.15) is 0 Å². The van der Waals surface area contributed by atoms with Gasteiger partial charge in [0.05, 0.1) is 5.41 Å². The van der Waals surface area contributed by atoms with E-state index in [0.29, 0.717) is 12.8 Å². The van der Waals surface area contributed by atoms with Crippen LogP contribution in [0.3, 0.4) is 0 Å². The highest BCUT2D eigenvalue weighted by atomic mass is 19.4. The Morgan fingerprint density at radius 1 is 1.22 bits per heavy atom. The number of aliphatic carboxylic acids is 1. The molecule has 0 aliphatic heterocycles. The summed E-state index contributed by atoms with van der Waals surface area (Å²) in [6, 6.07) is 0. The Bertz CT molecular complexity index is 379. The van der Waals surface area contributed by atoms with Gasteiger partial charge in [-0.2, -0.15) is 13.2 Å². The van der Waals surface area contributed by atoms with Gasteiger partial charge in [0.25, 0.3) is 0 Å². The fraction of sp³-hybridized carbons (Fsp3) is 0.818. The molecule has 0 aromatic heterocycles. The third-order valence-corrected chi connectivity index (χ3v) is 4.14. The number of carbonyl (C=O) groups is 2. The Labute approximate surface area is 102 Å². The Hall–Kier alpha value is -1.27. The van der Waals surface area contributed by atoms with Crippen molar-refractivity contribution >= 4 is 11.9 Å². The molecule has 0 aromatic carbocycles.